The van der Waals surface area contributed by atoms with Crippen molar-refractivity contribution in [3.8, 4) is 0 Å². The molecule has 1 heterocycles. The van der Waals surface area contributed by atoms with Gasteiger partial charge in [-0.2, -0.15) is 0 Å². The number of aliphatic hydroxyl groups excluding tert-OH is 1. The minimum atomic E-state index is -1.12. The summed E-state index contributed by atoms with van der Waals surface area (Å²) in [7, 11) is 0. The van der Waals surface area contributed by atoms with Gasteiger partial charge in [0.05, 0.1) is 0 Å². The van der Waals surface area contributed by atoms with Crippen molar-refractivity contribution < 1.29 is 10.0 Å². The van der Waals surface area contributed by atoms with Gasteiger partial charge in [-0.25, -0.2) is 0 Å². The Labute approximate surface area is 130 Å². The van der Waals surface area contributed by atoms with Crippen molar-refractivity contribution in [1.82, 2.24) is 0 Å². The Hall–Kier alpha value is -1.56. The van der Waals surface area contributed by atoms with Gasteiger partial charge in [-0.3, -0.25) is 10.1 Å². The third kappa shape index (κ3) is 2.64. The van der Waals surface area contributed by atoms with Crippen molar-refractivity contribution in [3.05, 3.63) is 74.8 Å². The molecule has 21 heavy (non-hydrogen) atoms. The van der Waals surface area contributed by atoms with Crippen LogP contribution in [-0.2, 0) is 0 Å². The lowest BCUT2D eigenvalue weighted by molar-refractivity contribution is -0.536. The third-order valence-electron chi connectivity index (χ3n) is 3.55. The van der Waals surface area contributed by atoms with Crippen LogP contribution in [0.3, 0.4) is 0 Å². The molecule has 0 saturated heterocycles. The van der Waals surface area contributed by atoms with Gasteiger partial charge in [0.25, 0.3) is 6.04 Å². The predicted molar refractivity (Wildman–Crippen MR) is 82.2 cm³/mol. The lowest BCUT2D eigenvalue weighted by Gasteiger charge is -2.31. The molecule has 4 nitrogen and oxygen atoms in total. The molecule has 2 aromatic carbocycles. The first kappa shape index (κ1) is 14.4. The van der Waals surface area contributed by atoms with Gasteiger partial charge in [-0.15, -0.1) is 11.8 Å². The van der Waals surface area contributed by atoms with E-state index in [1.807, 2.05) is 12.1 Å². The normalized spacial score (nSPS) is 24.4. The summed E-state index contributed by atoms with van der Waals surface area (Å²) in [5.41, 5.74) is 1.37. The van der Waals surface area contributed by atoms with Gasteiger partial charge in [0.15, 0.2) is 0 Å². The topological polar surface area (TPSA) is 63.4 Å². The van der Waals surface area contributed by atoms with Crippen LogP contribution in [0.5, 0.6) is 0 Å². The fourth-order valence-corrected chi connectivity index (χ4v) is 4.19. The monoisotopic (exact) mass is 321 g/mol. The van der Waals surface area contributed by atoms with E-state index < -0.39 is 22.3 Å². The summed E-state index contributed by atoms with van der Waals surface area (Å²) in [5.74, 6) is 0. The minimum Gasteiger partial charge on any atom is -0.381 e. The van der Waals surface area contributed by atoms with Crippen molar-refractivity contribution in [2.24, 2.45) is 0 Å². The van der Waals surface area contributed by atoms with Crippen molar-refractivity contribution in [3.63, 3.8) is 0 Å². The smallest absolute Gasteiger partial charge is 0.258 e. The average molecular weight is 322 g/mol. The molecule has 0 spiro atoms. The van der Waals surface area contributed by atoms with Crippen molar-refractivity contribution in [2.75, 3.05) is 0 Å². The van der Waals surface area contributed by atoms with Gasteiger partial charge in [0.2, 0.25) is 0 Å². The number of benzene rings is 2. The van der Waals surface area contributed by atoms with E-state index in [9.17, 15) is 15.2 Å². The maximum absolute atomic E-state index is 11.4. The van der Waals surface area contributed by atoms with Gasteiger partial charge in [-0.1, -0.05) is 41.9 Å². The molecule has 3 rings (SSSR count). The third-order valence-corrected chi connectivity index (χ3v) is 5.21. The highest BCUT2D eigenvalue weighted by molar-refractivity contribution is 7.99. The lowest BCUT2D eigenvalue weighted by Crippen LogP contribution is -2.35. The first-order valence-corrected chi connectivity index (χ1v) is 7.66. The molecule has 6 heteroatoms. The molecule has 108 valence electrons. The Balaban J connectivity index is 2.09. The summed E-state index contributed by atoms with van der Waals surface area (Å²) < 4.78 is 0. The maximum Gasteiger partial charge on any atom is 0.258 e. The zero-order chi connectivity index (χ0) is 15.0. The first-order valence-electron chi connectivity index (χ1n) is 6.40. The van der Waals surface area contributed by atoms with Crippen LogP contribution in [0.25, 0.3) is 0 Å². The maximum atomic E-state index is 11.4. The van der Waals surface area contributed by atoms with Crippen molar-refractivity contribution in [2.45, 2.75) is 22.3 Å². The minimum absolute atomic E-state index is 0.404. The Morgan fingerprint density at radius 2 is 1.95 bits per heavy atom. The molecule has 3 atom stereocenters. The molecular weight excluding hydrogens is 310 g/mol. The van der Waals surface area contributed by atoms with Crippen LogP contribution in [0.1, 0.15) is 22.5 Å². The molecule has 0 saturated carbocycles. The summed E-state index contributed by atoms with van der Waals surface area (Å²) in [6.45, 7) is 0. The van der Waals surface area contributed by atoms with E-state index >= 15 is 0 Å². The number of fused-ring (bicyclic) bond motifs is 1. The predicted octanol–water partition coefficient (Wildman–Crippen LogP) is 3.87. The summed E-state index contributed by atoms with van der Waals surface area (Å²) in [5, 5.41) is 21.9. The molecule has 1 N–H and O–H groups in total. The molecule has 0 bridgehead atoms. The van der Waals surface area contributed by atoms with Gasteiger partial charge in [-0.05, 0) is 23.8 Å². The molecule has 0 fully saturated rings. The van der Waals surface area contributed by atoms with Crippen LogP contribution in [0, 0.1) is 10.1 Å². The van der Waals surface area contributed by atoms with Gasteiger partial charge >= 0.3 is 0 Å². The van der Waals surface area contributed by atoms with Gasteiger partial charge in [0.1, 0.15) is 11.4 Å². The van der Waals surface area contributed by atoms with Crippen molar-refractivity contribution >= 4 is 23.4 Å². The van der Waals surface area contributed by atoms with E-state index in [0.717, 1.165) is 10.5 Å². The van der Waals surface area contributed by atoms with Crippen LogP contribution in [0.15, 0.2) is 53.4 Å². The second kappa shape index (κ2) is 5.67. The van der Waals surface area contributed by atoms with Crippen LogP contribution in [-0.4, -0.2) is 16.1 Å². The average Bonchev–Trinajstić information content (AvgIpc) is 2.46. The molecule has 2 aromatic rings. The number of thioether (sulfide) groups is 1. The summed E-state index contributed by atoms with van der Waals surface area (Å²) in [6, 6.07) is 13.2. The summed E-state index contributed by atoms with van der Waals surface area (Å²) in [4.78, 5) is 11.9. The van der Waals surface area contributed by atoms with E-state index in [-0.39, 0.29) is 0 Å². The second-order valence-corrected chi connectivity index (χ2v) is 6.47. The molecule has 0 unspecified atom stereocenters. The Bertz CT molecular complexity index is 694. The number of rotatable bonds is 2. The first-order chi connectivity index (χ1) is 10.1. The molecule has 0 aliphatic carbocycles. The second-order valence-electron chi connectivity index (χ2n) is 4.85. The largest absolute Gasteiger partial charge is 0.381 e. The van der Waals surface area contributed by atoms with E-state index in [1.54, 1.807) is 36.4 Å². The SMILES string of the molecule is O=[N+]([O-])[C@H]1[C@H](O)c2ccccc2S[C@@H]1c1cccc(Cl)c1. The molecule has 0 radical (unpaired) electrons. The fourth-order valence-electron chi connectivity index (χ4n) is 2.56. The summed E-state index contributed by atoms with van der Waals surface area (Å²) >= 11 is 7.39. The Morgan fingerprint density at radius 3 is 2.67 bits per heavy atom. The molecular formula is C15H12ClNO3S. The number of nitro groups is 1. The number of aliphatic hydroxyl groups is 1. The van der Waals surface area contributed by atoms with E-state index in [1.165, 1.54) is 11.8 Å². The highest BCUT2D eigenvalue weighted by Crippen LogP contribution is 2.50. The number of nitrogens with zero attached hydrogens (tertiary/aromatic N) is 1. The quantitative estimate of drug-likeness (QED) is 0.673. The highest BCUT2D eigenvalue weighted by Gasteiger charge is 2.45. The van der Waals surface area contributed by atoms with Crippen LogP contribution in [0.2, 0.25) is 5.02 Å². The molecule has 0 amide bonds. The Morgan fingerprint density at radius 1 is 1.19 bits per heavy atom. The zero-order valence-corrected chi connectivity index (χ0v) is 12.4. The lowest BCUT2D eigenvalue weighted by atomic mass is 9.95. The van der Waals surface area contributed by atoms with Crippen LogP contribution in [0.4, 0.5) is 0 Å². The number of halogens is 1. The number of hydrogen-bond donors (Lipinski definition) is 1. The highest BCUT2D eigenvalue weighted by atomic mass is 35.5. The van der Waals surface area contributed by atoms with E-state index in [2.05, 4.69) is 0 Å². The van der Waals surface area contributed by atoms with Gasteiger partial charge in [0, 0.05) is 20.4 Å². The van der Waals surface area contributed by atoms with Gasteiger partial charge < -0.3 is 5.11 Å². The van der Waals surface area contributed by atoms with Crippen LogP contribution >= 0.6 is 23.4 Å². The Kier molecular flexibility index (Phi) is 3.89. The molecule has 1 aliphatic rings. The van der Waals surface area contributed by atoms with E-state index in [4.69, 9.17) is 11.6 Å². The van der Waals surface area contributed by atoms with Crippen molar-refractivity contribution in [1.29, 1.82) is 0 Å². The standard InChI is InChI=1S/C15H12ClNO3S/c16-10-5-3-4-9(8-10)15-13(17(19)20)14(18)11-6-1-2-7-12(11)21-15/h1-8,13-15,18H/t13-,14+,15+/m0/s1. The fraction of sp³-hybridized carbons (Fsp3) is 0.200. The van der Waals surface area contributed by atoms with Crippen LogP contribution < -0.4 is 0 Å². The summed E-state index contributed by atoms with van der Waals surface area (Å²) in [6.07, 6.45) is -1.12. The zero-order valence-electron chi connectivity index (χ0n) is 10.8. The van der Waals surface area contributed by atoms with E-state index in [0.29, 0.717) is 10.6 Å². The molecule has 0 aromatic heterocycles. The molecule has 1 aliphatic heterocycles. The number of hydrogen-bond acceptors (Lipinski definition) is 4.